The molecule has 1 aromatic heterocycles. The lowest BCUT2D eigenvalue weighted by Crippen LogP contribution is -2.69. The van der Waals surface area contributed by atoms with Gasteiger partial charge in [0.1, 0.15) is 22.3 Å². The fourth-order valence-electron chi connectivity index (χ4n) is 2.56. The molecule has 1 saturated heterocycles. The molecule has 2 aliphatic rings. The van der Waals surface area contributed by atoms with Gasteiger partial charge < -0.3 is 10.8 Å². The van der Waals surface area contributed by atoms with Gasteiger partial charge in [-0.3, -0.25) is 9.69 Å². The third-order valence-electron chi connectivity index (χ3n) is 3.53. The van der Waals surface area contributed by atoms with E-state index in [1.165, 1.54) is 16.2 Å². The molecular formula is C12H12N4O3S. The van der Waals surface area contributed by atoms with Crippen molar-refractivity contribution in [2.45, 2.75) is 24.9 Å². The summed E-state index contributed by atoms with van der Waals surface area (Å²) in [5, 5.41) is 17.6. The number of hydrogen-bond donors (Lipinski definition) is 2. The van der Waals surface area contributed by atoms with Crippen LogP contribution in [0, 0.1) is 0 Å². The second-order valence-electron chi connectivity index (χ2n) is 4.63. The van der Waals surface area contributed by atoms with E-state index < -0.39 is 12.0 Å². The Morgan fingerprint density at radius 3 is 3.00 bits per heavy atom. The van der Waals surface area contributed by atoms with Crippen molar-refractivity contribution in [2.75, 3.05) is 0 Å². The minimum absolute atomic E-state index is 0.0358. The van der Waals surface area contributed by atoms with E-state index in [9.17, 15) is 14.7 Å². The van der Waals surface area contributed by atoms with E-state index >= 15 is 0 Å². The van der Waals surface area contributed by atoms with Crippen LogP contribution in [0.2, 0.25) is 0 Å². The highest BCUT2D eigenvalue weighted by molar-refractivity contribution is 7.10. The zero-order valence-corrected chi connectivity index (χ0v) is 11.2. The predicted octanol–water partition coefficient (Wildman–Crippen LogP) is 0.222. The lowest BCUT2D eigenvalue weighted by molar-refractivity contribution is -0.152. The summed E-state index contributed by atoms with van der Waals surface area (Å²) in [5.74, 6) is -1.43. The van der Waals surface area contributed by atoms with Crippen molar-refractivity contribution >= 4 is 29.3 Å². The first-order valence-corrected chi connectivity index (χ1v) is 6.97. The number of amides is 1. The Kier molecular flexibility index (Phi) is 3.11. The summed E-state index contributed by atoms with van der Waals surface area (Å²) in [6.45, 7) is 0. The van der Waals surface area contributed by atoms with Crippen molar-refractivity contribution in [1.29, 1.82) is 0 Å². The maximum atomic E-state index is 11.7. The van der Waals surface area contributed by atoms with Gasteiger partial charge in [0.05, 0.1) is 6.04 Å². The first-order valence-electron chi connectivity index (χ1n) is 6.09. The number of carbonyl (C=O) groups excluding carboxylic acids is 1. The van der Waals surface area contributed by atoms with Crippen LogP contribution in [-0.4, -0.2) is 44.2 Å². The molecule has 3 rings (SSSR count). The Bertz CT molecular complexity index is 623. The summed E-state index contributed by atoms with van der Waals surface area (Å²) in [6, 6.07) is -0.759. The Labute approximate surface area is 118 Å². The zero-order valence-electron chi connectivity index (χ0n) is 10.4. The predicted molar refractivity (Wildman–Crippen MR) is 71.4 cm³/mol. The second kappa shape index (κ2) is 4.80. The summed E-state index contributed by atoms with van der Waals surface area (Å²) in [4.78, 5) is 24.5. The molecule has 7 nitrogen and oxygen atoms in total. The molecule has 3 N–H and O–H groups in total. The van der Waals surface area contributed by atoms with Crippen molar-refractivity contribution in [1.82, 2.24) is 15.1 Å². The van der Waals surface area contributed by atoms with E-state index in [0.717, 1.165) is 0 Å². The number of fused-ring (bicyclic) bond motifs is 1. The molecule has 0 unspecified atom stereocenters. The number of nitrogens with zero attached hydrogens (tertiary/aromatic N) is 3. The average Bonchev–Trinajstić information content (AvgIpc) is 2.96. The van der Waals surface area contributed by atoms with Crippen LogP contribution in [-0.2, 0) is 9.59 Å². The van der Waals surface area contributed by atoms with Gasteiger partial charge >= 0.3 is 5.97 Å². The van der Waals surface area contributed by atoms with Gasteiger partial charge in [0, 0.05) is 0 Å². The molecule has 20 heavy (non-hydrogen) atoms. The van der Waals surface area contributed by atoms with E-state index in [4.69, 9.17) is 5.73 Å². The van der Waals surface area contributed by atoms with Crippen molar-refractivity contribution < 1.29 is 14.7 Å². The quantitative estimate of drug-likeness (QED) is 0.771. The third kappa shape index (κ3) is 1.93. The minimum Gasteiger partial charge on any atom is -0.477 e. The van der Waals surface area contributed by atoms with E-state index in [2.05, 4.69) is 10.2 Å². The number of carboxylic acids is 1. The second-order valence-corrected chi connectivity index (χ2v) is 5.49. The van der Waals surface area contributed by atoms with Crippen LogP contribution in [0.1, 0.15) is 17.8 Å². The average molecular weight is 292 g/mol. The fourth-order valence-corrected chi connectivity index (χ4v) is 3.00. The van der Waals surface area contributed by atoms with Gasteiger partial charge in [-0.25, -0.2) is 4.79 Å². The molecule has 0 spiro atoms. The van der Waals surface area contributed by atoms with Crippen LogP contribution in [0.3, 0.4) is 0 Å². The summed E-state index contributed by atoms with van der Waals surface area (Å²) in [6.07, 6.45) is 4.66. The monoisotopic (exact) mass is 292 g/mol. The van der Waals surface area contributed by atoms with Gasteiger partial charge in [-0.05, 0) is 24.5 Å². The van der Waals surface area contributed by atoms with E-state index in [0.29, 0.717) is 23.4 Å². The molecular weight excluding hydrogens is 280 g/mol. The summed E-state index contributed by atoms with van der Waals surface area (Å²) in [5.41, 5.74) is 7.94. The number of carbonyl (C=O) groups is 2. The van der Waals surface area contributed by atoms with Crippen LogP contribution in [0.25, 0.3) is 6.08 Å². The van der Waals surface area contributed by atoms with Gasteiger partial charge in [0.15, 0.2) is 0 Å². The van der Waals surface area contributed by atoms with Gasteiger partial charge in [0.2, 0.25) is 5.91 Å². The van der Waals surface area contributed by atoms with E-state index in [-0.39, 0.29) is 17.6 Å². The van der Waals surface area contributed by atoms with Gasteiger partial charge in [-0.15, -0.1) is 21.5 Å². The van der Waals surface area contributed by atoms with Crippen LogP contribution < -0.4 is 5.73 Å². The summed E-state index contributed by atoms with van der Waals surface area (Å²) >= 11 is 1.36. The molecule has 2 aliphatic heterocycles. The van der Waals surface area contributed by atoms with Gasteiger partial charge in [0.25, 0.3) is 0 Å². The van der Waals surface area contributed by atoms with Crippen LogP contribution in [0.4, 0.5) is 0 Å². The minimum atomic E-state index is -1.10. The van der Waals surface area contributed by atoms with Gasteiger partial charge in [-0.2, -0.15) is 0 Å². The number of carboxylic acid groups (broad SMARTS) is 1. The Balaban J connectivity index is 1.94. The summed E-state index contributed by atoms with van der Waals surface area (Å²) < 4.78 is 0. The number of allylic oxidation sites excluding steroid dienone is 2. The molecule has 104 valence electrons. The molecule has 0 aromatic carbocycles. The first-order chi connectivity index (χ1) is 9.59. The molecule has 8 heteroatoms. The Morgan fingerprint density at radius 1 is 1.55 bits per heavy atom. The summed E-state index contributed by atoms with van der Waals surface area (Å²) in [7, 11) is 0. The van der Waals surface area contributed by atoms with E-state index in [1.54, 1.807) is 17.7 Å². The molecule has 1 fully saturated rings. The molecule has 0 radical (unpaired) electrons. The van der Waals surface area contributed by atoms with Crippen LogP contribution in [0.5, 0.6) is 0 Å². The Morgan fingerprint density at radius 2 is 2.35 bits per heavy atom. The highest BCUT2D eigenvalue weighted by Crippen LogP contribution is 2.36. The van der Waals surface area contributed by atoms with Crippen molar-refractivity contribution in [3.63, 3.8) is 0 Å². The molecule has 0 saturated carbocycles. The maximum Gasteiger partial charge on any atom is 0.352 e. The topological polar surface area (TPSA) is 109 Å². The Hall–Kier alpha value is -2.06. The largest absolute Gasteiger partial charge is 0.477 e. The molecule has 1 aromatic rings. The fraction of sp³-hybridized carbons (Fsp3) is 0.333. The number of rotatable bonds is 3. The number of aliphatic carboxylic acids is 1. The lowest BCUT2D eigenvalue weighted by Gasteiger charge is -2.48. The SMILES string of the molecule is N[C@@H]1C(=O)N2C(C(=O)O)=C(C=Cc3nncs3)CC[C@H]12. The van der Waals surface area contributed by atoms with Gasteiger partial charge in [-0.1, -0.05) is 6.08 Å². The van der Waals surface area contributed by atoms with E-state index in [1.807, 2.05) is 0 Å². The van der Waals surface area contributed by atoms with Crippen molar-refractivity contribution in [2.24, 2.45) is 5.73 Å². The van der Waals surface area contributed by atoms with Crippen molar-refractivity contribution in [3.05, 3.63) is 27.9 Å². The molecule has 2 atom stereocenters. The maximum absolute atomic E-state index is 11.7. The standard InChI is InChI=1S/C12H12N4O3S/c13-9-7-3-1-6(2-4-8-15-14-5-20-8)10(12(18)19)16(7)11(9)17/h2,4-5,7,9H,1,3,13H2,(H,18,19)/t7-,9+/m1/s1. The number of aromatic nitrogens is 2. The number of β-lactam (4-membered cyclic amide) rings is 1. The zero-order chi connectivity index (χ0) is 14.3. The third-order valence-corrected chi connectivity index (χ3v) is 4.19. The molecule has 0 aliphatic carbocycles. The molecule has 0 bridgehead atoms. The normalized spacial score (nSPS) is 25.9. The van der Waals surface area contributed by atoms with Crippen LogP contribution >= 0.6 is 11.3 Å². The van der Waals surface area contributed by atoms with Crippen molar-refractivity contribution in [3.8, 4) is 0 Å². The first kappa shape index (κ1) is 12.9. The molecule has 3 heterocycles. The lowest BCUT2D eigenvalue weighted by atomic mass is 9.84. The number of nitrogens with two attached hydrogens (primary N) is 1. The highest BCUT2D eigenvalue weighted by Gasteiger charge is 2.50. The molecule has 1 amide bonds. The number of hydrogen-bond acceptors (Lipinski definition) is 6. The highest BCUT2D eigenvalue weighted by atomic mass is 32.1. The van der Waals surface area contributed by atoms with Crippen LogP contribution in [0.15, 0.2) is 22.9 Å². The smallest absolute Gasteiger partial charge is 0.352 e.